The van der Waals surface area contributed by atoms with E-state index in [-0.39, 0.29) is 24.8 Å². The number of rotatable bonds is 11. The van der Waals surface area contributed by atoms with Crippen molar-refractivity contribution >= 4 is 11.8 Å². The van der Waals surface area contributed by atoms with E-state index in [4.69, 9.17) is 0 Å². The second-order valence-electron chi connectivity index (χ2n) is 8.06. The van der Waals surface area contributed by atoms with Crippen LogP contribution < -0.4 is 28.1 Å². The maximum atomic E-state index is 12.6. The minimum Gasteiger partial charge on any atom is -1.00 e. The fourth-order valence-electron chi connectivity index (χ4n) is 3.78. The molecule has 0 bridgehead atoms. The minimum atomic E-state index is -1.98. The average molecular weight is 513 g/mol. The fourth-order valence-corrected chi connectivity index (χ4v) is 19.6. The van der Waals surface area contributed by atoms with E-state index in [0.29, 0.717) is 11.8 Å². The van der Waals surface area contributed by atoms with Crippen molar-refractivity contribution in [3.05, 3.63) is 20.0 Å². The molecule has 0 saturated heterocycles. The number of hydrogen-bond donors (Lipinski definition) is 1. The van der Waals surface area contributed by atoms with Gasteiger partial charge in [-0.15, -0.1) is 0 Å². The summed E-state index contributed by atoms with van der Waals surface area (Å²) in [6, 6.07) is 0. The maximum Gasteiger partial charge on any atom is -1.00 e. The number of amides is 1. The Morgan fingerprint density at radius 3 is 1.93 bits per heavy atom. The molecule has 0 aliphatic heterocycles. The van der Waals surface area contributed by atoms with Crippen molar-refractivity contribution in [2.24, 2.45) is 5.92 Å². The van der Waals surface area contributed by atoms with Gasteiger partial charge in [-0.1, -0.05) is 0 Å². The minimum absolute atomic E-state index is 0. The van der Waals surface area contributed by atoms with E-state index in [2.05, 4.69) is 51.0 Å². The predicted molar refractivity (Wildman–Crippen MR) is 110 cm³/mol. The molecule has 6 heteroatoms. The molecule has 2 nitrogen and oxygen atoms in total. The molecule has 0 spiro atoms. The van der Waals surface area contributed by atoms with Gasteiger partial charge >= 0.3 is 166 Å². The Kier molecular flexibility index (Phi) is 17.1. The molecule has 1 aliphatic carbocycles. The van der Waals surface area contributed by atoms with Gasteiger partial charge in [0.2, 0.25) is 0 Å². The van der Waals surface area contributed by atoms with Crippen molar-refractivity contribution in [3.8, 4) is 0 Å². The quantitative estimate of drug-likeness (QED) is 0.307. The van der Waals surface area contributed by atoms with Crippen LogP contribution in [0.4, 0.5) is 0 Å². The molecule has 1 aliphatic rings. The van der Waals surface area contributed by atoms with Crippen LogP contribution in [0.1, 0.15) is 86.0 Å². The van der Waals surface area contributed by atoms with E-state index in [9.17, 15) is 4.79 Å². The molecule has 0 heterocycles. The van der Waals surface area contributed by atoms with Crippen LogP contribution >= 0.6 is 0 Å². The number of halogens is 2. The summed E-state index contributed by atoms with van der Waals surface area (Å²) in [5.74, 6) is 0.112. The third-order valence-electron chi connectivity index (χ3n) is 5.79. The predicted octanol–water partition coefficient (Wildman–Crippen LogP) is 0.0280. The molecule has 0 radical (unpaired) electrons. The van der Waals surface area contributed by atoms with E-state index < -0.39 is 27.1 Å². The Hall–Kier alpha value is 0.630. The first-order chi connectivity index (χ1) is 11.8. The zero-order chi connectivity index (χ0) is 19.0. The van der Waals surface area contributed by atoms with Gasteiger partial charge in [-0.3, -0.25) is 0 Å². The van der Waals surface area contributed by atoms with Gasteiger partial charge in [0.1, 0.15) is 0 Å². The van der Waals surface area contributed by atoms with Gasteiger partial charge in [0, 0.05) is 0 Å². The van der Waals surface area contributed by atoms with Crippen molar-refractivity contribution in [1.82, 2.24) is 3.26 Å². The zero-order valence-corrected chi connectivity index (χ0v) is 23.6. The van der Waals surface area contributed by atoms with E-state index in [1.807, 2.05) is 0 Å². The molecule has 1 atom stereocenters. The molecule has 1 rings (SSSR count). The molecular weight excluding hydrogens is 472 g/mol. The standard InChI is InChI=1S/C10H21NO.C9H13.C2H7Si.2ClH.Zr/c1-2-3-4-5-6-7-8-9-10(11)12;1-6-5-7(2)9(4)8(6)3;1-3-2;;;/h2-9H2,1H3,(H2,11,12);6H,1-4H3;3H,1-2H3;2*1H;/q;;;;;+3/p-3. The summed E-state index contributed by atoms with van der Waals surface area (Å²) in [5.41, 5.74) is 4.52. The second-order valence-corrected chi connectivity index (χ2v) is 26.3. The normalized spacial score (nSPS) is 16.4. The number of hydrogen-bond acceptors (Lipinski definition) is 1. The summed E-state index contributed by atoms with van der Waals surface area (Å²) in [6.45, 7) is 16.3. The van der Waals surface area contributed by atoms with Crippen LogP contribution in [0.25, 0.3) is 0 Å². The molecule has 157 valence electrons. The summed E-state index contributed by atoms with van der Waals surface area (Å²) in [7, 11) is 0. The molecule has 0 saturated carbocycles. The number of carbonyl (C=O) groups excluding carboxylic acids is 1. The molecule has 0 aromatic heterocycles. The van der Waals surface area contributed by atoms with Crippen LogP contribution in [0, 0.1) is 5.92 Å². The van der Waals surface area contributed by atoms with Crippen LogP contribution in [0.3, 0.4) is 0 Å². The Balaban J connectivity index is 0. The molecule has 1 amide bonds. The summed E-state index contributed by atoms with van der Waals surface area (Å²) >= 11 is -1.98. The Morgan fingerprint density at radius 2 is 1.48 bits per heavy atom. The van der Waals surface area contributed by atoms with Crippen molar-refractivity contribution in [2.75, 3.05) is 0 Å². The van der Waals surface area contributed by atoms with Crippen LogP contribution in [-0.2, 0) is 26.0 Å². The van der Waals surface area contributed by atoms with Gasteiger partial charge in [0.05, 0.1) is 0 Å². The number of unbranched alkanes of at least 4 members (excludes halogenated alkanes) is 6. The fraction of sp³-hybridized carbons (Fsp3) is 0.762. The third kappa shape index (κ3) is 9.32. The Labute approximate surface area is 189 Å². The van der Waals surface area contributed by atoms with Crippen molar-refractivity contribution < 1.29 is 50.8 Å². The van der Waals surface area contributed by atoms with Gasteiger partial charge in [-0.25, -0.2) is 0 Å². The Bertz CT molecular complexity index is 520. The molecule has 0 fully saturated rings. The number of allylic oxidation sites excluding steroid dienone is 4. The zero-order valence-electron chi connectivity index (χ0n) is 18.5. The SMILES string of the molecule is CCCCCCCCCC(=O)[NH][Zr+2]([C]1=C(C)C(C)=C(C)C1C)[SiH](C)C.[Cl-].[Cl-]. The van der Waals surface area contributed by atoms with E-state index in [1.54, 1.807) is 3.28 Å². The van der Waals surface area contributed by atoms with Gasteiger partial charge in [-0.2, -0.15) is 0 Å². The van der Waals surface area contributed by atoms with E-state index in [1.165, 1.54) is 55.2 Å². The summed E-state index contributed by atoms with van der Waals surface area (Å²) in [5, 5.41) is 0. The largest absolute Gasteiger partial charge is 1.00 e. The van der Waals surface area contributed by atoms with Crippen molar-refractivity contribution in [1.29, 1.82) is 0 Å². The smallest absolute Gasteiger partial charge is 1.00 e. The molecule has 27 heavy (non-hydrogen) atoms. The molecule has 0 aromatic carbocycles. The van der Waals surface area contributed by atoms with Crippen LogP contribution in [0.5, 0.6) is 0 Å². The summed E-state index contributed by atoms with van der Waals surface area (Å²) in [4.78, 5) is 12.6. The van der Waals surface area contributed by atoms with E-state index >= 15 is 0 Å². The van der Waals surface area contributed by atoms with Crippen molar-refractivity contribution in [2.45, 2.75) is 99.1 Å². The molecular formula is C21H40Cl2NOSiZr. The third-order valence-corrected chi connectivity index (χ3v) is 22.9. The van der Waals surface area contributed by atoms with Crippen LogP contribution in [-0.4, -0.2) is 11.8 Å². The first-order valence-corrected chi connectivity index (χ1v) is 20.0. The maximum absolute atomic E-state index is 12.6. The van der Waals surface area contributed by atoms with Gasteiger partial charge in [0.25, 0.3) is 0 Å². The summed E-state index contributed by atoms with van der Waals surface area (Å²) < 4.78 is 5.29. The van der Waals surface area contributed by atoms with Gasteiger partial charge < -0.3 is 24.8 Å². The van der Waals surface area contributed by atoms with E-state index in [0.717, 1.165) is 12.8 Å². The van der Waals surface area contributed by atoms with Gasteiger partial charge in [0.15, 0.2) is 0 Å². The average Bonchev–Trinajstić information content (AvgIpc) is 2.75. The van der Waals surface area contributed by atoms with Crippen molar-refractivity contribution in [3.63, 3.8) is 0 Å². The monoisotopic (exact) mass is 510 g/mol. The van der Waals surface area contributed by atoms with Crippen LogP contribution in [0.15, 0.2) is 20.0 Å². The number of carbonyl (C=O) groups is 1. The molecule has 0 aromatic rings. The topological polar surface area (TPSA) is 29.1 Å². The summed E-state index contributed by atoms with van der Waals surface area (Å²) in [6.07, 6.45) is 9.67. The van der Waals surface area contributed by atoms with Gasteiger partial charge in [-0.05, 0) is 0 Å². The first kappa shape index (κ1) is 29.8. The molecule has 1 unspecified atom stereocenters. The second kappa shape index (κ2) is 15.5. The van der Waals surface area contributed by atoms with Crippen LogP contribution in [0.2, 0.25) is 13.1 Å². The first-order valence-electron chi connectivity index (χ1n) is 10.4. The molecule has 1 N–H and O–H groups in total. The Morgan fingerprint density at radius 1 is 0.963 bits per heavy atom. The number of nitrogens with one attached hydrogen (secondary N) is 1.